The van der Waals surface area contributed by atoms with Crippen molar-refractivity contribution in [2.75, 3.05) is 0 Å². The van der Waals surface area contributed by atoms with Crippen molar-refractivity contribution in [2.45, 2.75) is 31.8 Å². The average Bonchev–Trinajstić information content (AvgIpc) is 2.62. The molecule has 0 spiro atoms. The summed E-state index contributed by atoms with van der Waals surface area (Å²) in [6.07, 6.45) is 10.1. The molecule has 0 saturated heterocycles. The largest absolute Gasteiger partial charge is 0.442 e. The summed E-state index contributed by atoms with van der Waals surface area (Å²) in [6, 6.07) is 0. The Morgan fingerprint density at radius 2 is 2.11 bits per heavy atom. The Kier molecular flexibility index (Phi) is 4.28. The van der Waals surface area contributed by atoms with Crippen molar-refractivity contribution in [1.82, 2.24) is 5.32 Å². The molecule has 0 heterocycles. The highest BCUT2D eigenvalue weighted by Crippen LogP contribution is 2.14. The molecule has 0 fully saturated rings. The van der Waals surface area contributed by atoms with Crippen LogP contribution in [-0.2, 0) is 14.3 Å². The molecule has 0 aromatic rings. The molecule has 0 bridgehead atoms. The van der Waals surface area contributed by atoms with Gasteiger partial charge in [-0.3, -0.25) is 14.9 Å². The number of allylic oxidation sites excluding steroid dienone is 4. The molecule has 2 aliphatic carbocycles. The van der Waals surface area contributed by atoms with Crippen molar-refractivity contribution in [3.05, 3.63) is 36.1 Å². The summed E-state index contributed by atoms with van der Waals surface area (Å²) in [5.41, 5.74) is -0.0462. The topological polar surface area (TPSA) is 72.5 Å². The van der Waals surface area contributed by atoms with Crippen LogP contribution < -0.4 is 5.32 Å². The van der Waals surface area contributed by atoms with Gasteiger partial charge in [-0.25, -0.2) is 4.79 Å². The van der Waals surface area contributed by atoms with Gasteiger partial charge in [0.15, 0.2) is 5.78 Å². The van der Waals surface area contributed by atoms with Crippen molar-refractivity contribution < 1.29 is 19.1 Å². The number of amides is 1. The fourth-order valence-electron chi connectivity index (χ4n) is 1.93. The molecule has 1 unspecified atom stereocenters. The molecule has 2 rings (SSSR count). The Labute approximate surface area is 111 Å². The molecule has 2 aliphatic rings. The van der Waals surface area contributed by atoms with E-state index in [2.05, 4.69) is 5.32 Å². The van der Waals surface area contributed by atoms with Crippen molar-refractivity contribution in [3.63, 3.8) is 0 Å². The number of carbonyl (C=O) groups excluding carboxylic acids is 3. The summed E-state index contributed by atoms with van der Waals surface area (Å²) in [7, 11) is 0. The van der Waals surface area contributed by atoms with Crippen LogP contribution in [0, 0.1) is 0 Å². The van der Waals surface area contributed by atoms with Crippen LogP contribution in [0.2, 0.25) is 0 Å². The Bertz CT molecular complexity index is 488. The Morgan fingerprint density at radius 1 is 1.26 bits per heavy atom. The number of ketones is 2. The van der Waals surface area contributed by atoms with E-state index in [0.29, 0.717) is 0 Å². The van der Waals surface area contributed by atoms with Crippen LogP contribution in [0.5, 0.6) is 0 Å². The first-order chi connectivity index (χ1) is 9.15. The molecule has 0 saturated carbocycles. The standard InChI is InChI=1S/C14H15NO4/c16-10-7-8-13(17)12(9-10)15-14(18)19-11-5-3-1-2-4-6-11/h3,5,7-9,11H,1-2,4,6H2,(H,15,18). The maximum absolute atomic E-state index is 11.6. The molecular weight excluding hydrogens is 246 g/mol. The van der Waals surface area contributed by atoms with E-state index in [9.17, 15) is 14.4 Å². The quantitative estimate of drug-likeness (QED) is 0.607. The van der Waals surface area contributed by atoms with E-state index in [4.69, 9.17) is 4.74 Å². The highest BCUT2D eigenvalue weighted by Gasteiger charge is 2.18. The molecule has 1 amide bonds. The van der Waals surface area contributed by atoms with E-state index in [-0.39, 0.29) is 17.6 Å². The van der Waals surface area contributed by atoms with Crippen LogP contribution in [0.25, 0.3) is 0 Å². The zero-order valence-electron chi connectivity index (χ0n) is 10.4. The lowest BCUT2D eigenvalue weighted by Gasteiger charge is -2.14. The van der Waals surface area contributed by atoms with E-state index in [1.807, 2.05) is 12.2 Å². The second kappa shape index (κ2) is 6.13. The lowest BCUT2D eigenvalue weighted by atomic mass is 10.1. The molecule has 1 atom stereocenters. The summed E-state index contributed by atoms with van der Waals surface area (Å²) in [6.45, 7) is 0. The highest BCUT2D eigenvalue weighted by molar-refractivity contribution is 6.17. The van der Waals surface area contributed by atoms with Crippen LogP contribution in [-0.4, -0.2) is 23.8 Å². The van der Waals surface area contributed by atoms with Gasteiger partial charge in [0.05, 0.1) is 5.70 Å². The predicted octanol–water partition coefficient (Wildman–Crippen LogP) is 1.80. The van der Waals surface area contributed by atoms with Crippen molar-refractivity contribution in [3.8, 4) is 0 Å². The molecule has 0 aliphatic heterocycles. The molecule has 100 valence electrons. The van der Waals surface area contributed by atoms with Gasteiger partial charge in [0.1, 0.15) is 6.10 Å². The number of nitrogens with one attached hydrogen (secondary N) is 1. The van der Waals surface area contributed by atoms with Crippen molar-refractivity contribution in [2.24, 2.45) is 0 Å². The normalized spacial score (nSPS) is 22.7. The fraction of sp³-hybridized carbons (Fsp3) is 0.357. The highest BCUT2D eigenvalue weighted by atomic mass is 16.6. The third kappa shape index (κ3) is 3.91. The van der Waals surface area contributed by atoms with Crippen molar-refractivity contribution >= 4 is 17.7 Å². The molecule has 5 heteroatoms. The maximum Gasteiger partial charge on any atom is 0.412 e. The molecule has 0 aromatic heterocycles. The number of rotatable bonds is 2. The fourth-order valence-corrected chi connectivity index (χ4v) is 1.93. The van der Waals surface area contributed by atoms with Crippen molar-refractivity contribution in [1.29, 1.82) is 0 Å². The van der Waals surface area contributed by atoms with Crippen LogP contribution in [0.3, 0.4) is 0 Å². The zero-order valence-corrected chi connectivity index (χ0v) is 10.4. The first kappa shape index (κ1) is 13.3. The van der Waals surface area contributed by atoms with Gasteiger partial charge in [0.2, 0.25) is 5.78 Å². The minimum absolute atomic E-state index is 0.0462. The third-order valence-electron chi connectivity index (χ3n) is 2.91. The lowest BCUT2D eigenvalue weighted by Crippen LogP contribution is -2.31. The number of hydrogen-bond acceptors (Lipinski definition) is 4. The summed E-state index contributed by atoms with van der Waals surface area (Å²) in [5.74, 6) is -0.739. The van der Waals surface area contributed by atoms with E-state index in [0.717, 1.165) is 43.9 Å². The number of hydrogen-bond donors (Lipinski definition) is 1. The second-order valence-electron chi connectivity index (χ2n) is 4.44. The number of carbonyl (C=O) groups is 3. The third-order valence-corrected chi connectivity index (χ3v) is 2.91. The number of alkyl carbamates (subject to hydrolysis) is 1. The van der Waals surface area contributed by atoms with Gasteiger partial charge < -0.3 is 4.74 Å². The summed E-state index contributed by atoms with van der Waals surface area (Å²) >= 11 is 0. The van der Waals surface area contributed by atoms with Gasteiger partial charge in [-0.05, 0) is 43.9 Å². The van der Waals surface area contributed by atoms with Crippen LogP contribution in [0.1, 0.15) is 25.7 Å². The minimum Gasteiger partial charge on any atom is -0.442 e. The van der Waals surface area contributed by atoms with E-state index < -0.39 is 11.9 Å². The van der Waals surface area contributed by atoms with Gasteiger partial charge in [0, 0.05) is 6.08 Å². The first-order valence-electron chi connectivity index (χ1n) is 6.27. The number of ether oxygens (including phenoxy) is 1. The smallest absolute Gasteiger partial charge is 0.412 e. The summed E-state index contributed by atoms with van der Waals surface area (Å²) < 4.78 is 5.19. The van der Waals surface area contributed by atoms with Gasteiger partial charge in [0.25, 0.3) is 0 Å². The lowest BCUT2D eigenvalue weighted by molar-refractivity contribution is -0.114. The Hall–Kier alpha value is -2.17. The minimum atomic E-state index is -0.709. The molecule has 0 radical (unpaired) electrons. The summed E-state index contributed by atoms with van der Waals surface area (Å²) in [4.78, 5) is 34.2. The molecule has 19 heavy (non-hydrogen) atoms. The van der Waals surface area contributed by atoms with Crippen LogP contribution >= 0.6 is 0 Å². The average molecular weight is 261 g/mol. The van der Waals surface area contributed by atoms with Gasteiger partial charge >= 0.3 is 6.09 Å². The zero-order chi connectivity index (χ0) is 13.7. The molecule has 5 nitrogen and oxygen atoms in total. The molecular formula is C14H15NO4. The van der Waals surface area contributed by atoms with E-state index in [1.54, 1.807) is 0 Å². The monoisotopic (exact) mass is 261 g/mol. The van der Waals surface area contributed by atoms with Crippen LogP contribution in [0.15, 0.2) is 36.1 Å². The van der Waals surface area contributed by atoms with Gasteiger partial charge in [-0.15, -0.1) is 0 Å². The molecule has 0 aromatic carbocycles. The van der Waals surface area contributed by atoms with Gasteiger partial charge in [-0.2, -0.15) is 0 Å². The molecule has 1 N–H and O–H groups in total. The van der Waals surface area contributed by atoms with E-state index in [1.165, 1.54) is 0 Å². The summed E-state index contributed by atoms with van der Waals surface area (Å²) in [5, 5.41) is 2.31. The predicted molar refractivity (Wildman–Crippen MR) is 68.2 cm³/mol. The first-order valence-corrected chi connectivity index (χ1v) is 6.27. The Balaban J connectivity index is 1.90. The Morgan fingerprint density at radius 3 is 2.95 bits per heavy atom. The van der Waals surface area contributed by atoms with Crippen LogP contribution in [0.4, 0.5) is 4.79 Å². The second-order valence-corrected chi connectivity index (χ2v) is 4.44. The van der Waals surface area contributed by atoms with E-state index >= 15 is 0 Å². The van der Waals surface area contributed by atoms with Gasteiger partial charge in [-0.1, -0.05) is 6.08 Å². The SMILES string of the molecule is O=C1C=CC(=O)C(NC(=O)OC2C=CCCCC2)=C1. The maximum atomic E-state index is 11.6.